The molecule has 1 aromatic rings. The molecule has 0 spiro atoms. The predicted octanol–water partition coefficient (Wildman–Crippen LogP) is 3.15. The van der Waals surface area contributed by atoms with Crippen LogP contribution in [0.5, 0.6) is 5.75 Å². The molecule has 0 bridgehead atoms. The van der Waals surface area contributed by atoms with Crippen LogP contribution in [0.15, 0.2) is 12.1 Å². The summed E-state index contributed by atoms with van der Waals surface area (Å²) in [5.74, 6) is -1.46. The van der Waals surface area contributed by atoms with Gasteiger partial charge in [0.2, 0.25) is 0 Å². The molecule has 0 aromatic heterocycles. The van der Waals surface area contributed by atoms with E-state index in [0.29, 0.717) is 12.1 Å². The summed E-state index contributed by atoms with van der Waals surface area (Å²) in [5, 5.41) is 42.1. The van der Waals surface area contributed by atoms with Crippen LogP contribution < -0.4 is 5.11 Å². The predicted molar refractivity (Wildman–Crippen MR) is 97.5 cm³/mol. The van der Waals surface area contributed by atoms with E-state index in [9.17, 15) is 35.4 Å². The van der Waals surface area contributed by atoms with Gasteiger partial charge in [-0.3, -0.25) is 30.3 Å². The molecule has 0 unspecified atom stereocenters. The SMILES string of the molecule is CCC[N+](CC)(CC)CCC.O=[N+]([O-])c1cc([N+](=O)[O-])c([O-])c([N+](=O)[O-])c1. The van der Waals surface area contributed by atoms with E-state index >= 15 is 0 Å². The highest BCUT2D eigenvalue weighted by Gasteiger charge is 2.24. The van der Waals surface area contributed by atoms with Gasteiger partial charge in [-0.1, -0.05) is 13.8 Å². The lowest BCUT2D eigenvalue weighted by atomic mass is 10.2. The zero-order valence-electron chi connectivity index (χ0n) is 16.0. The Hall–Kier alpha value is -2.82. The third-order valence-corrected chi connectivity index (χ3v) is 4.38. The van der Waals surface area contributed by atoms with Crippen LogP contribution in [-0.2, 0) is 0 Å². The third-order valence-electron chi connectivity index (χ3n) is 4.38. The van der Waals surface area contributed by atoms with Gasteiger partial charge in [0.15, 0.2) is 0 Å². The summed E-state index contributed by atoms with van der Waals surface area (Å²) in [6.07, 6.45) is 2.64. The van der Waals surface area contributed by atoms with Gasteiger partial charge in [0, 0.05) is 0 Å². The van der Waals surface area contributed by atoms with Crippen LogP contribution in [0.4, 0.5) is 17.1 Å². The van der Waals surface area contributed by atoms with Gasteiger partial charge in [-0.15, -0.1) is 0 Å². The van der Waals surface area contributed by atoms with Crippen molar-refractivity contribution in [1.29, 1.82) is 0 Å². The van der Waals surface area contributed by atoms with Crippen LogP contribution in [0.3, 0.4) is 0 Å². The van der Waals surface area contributed by atoms with Crippen LogP contribution in [-0.4, -0.2) is 45.4 Å². The Morgan fingerprint density at radius 3 is 1.37 bits per heavy atom. The molecular formula is C16H26N4O7. The first kappa shape index (κ1) is 24.2. The van der Waals surface area contributed by atoms with Gasteiger partial charge in [-0.05, 0) is 26.7 Å². The maximum atomic E-state index is 11.1. The van der Waals surface area contributed by atoms with E-state index < -0.39 is 37.6 Å². The molecule has 0 aliphatic rings. The quantitative estimate of drug-likeness (QED) is 0.359. The van der Waals surface area contributed by atoms with Gasteiger partial charge in [-0.25, -0.2) is 0 Å². The Bertz CT molecular complexity index is 632. The van der Waals surface area contributed by atoms with Crippen LogP contribution in [0.2, 0.25) is 0 Å². The highest BCUT2D eigenvalue weighted by molar-refractivity contribution is 5.63. The zero-order chi connectivity index (χ0) is 21.2. The summed E-state index contributed by atoms with van der Waals surface area (Å²) in [6.45, 7) is 14.5. The molecule has 0 aliphatic carbocycles. The Morgan fingerprint density at radius 1 is 0.778 bits per heavy atom. The number of quaternary nitrogens is 1. The molecule has 27 heavy (non-hydrogen) atoms. The van der Waals surface area contributed by atoms with Crippen LogP contribution in [0.1, 0.15) is 40.5 Å². The normalized spacial score (nSPS) is 10.7. The number of hydrogen-bond acceptors (Lipinski definition) is 7. The van der Waals surface area contributed by atoms with Crippen molar-refractivity contribution in [2.24, 2.45) is 0 Å². The standard InChI is InChI=1S/C10H24N.C6H3N3O7/c1-5-9-11(7-3,8-4)10-6-2;10-6-4(8(13)14)1-3(7(11)12)2-5(6)9(15)16/h5-10H2,1-4H3;1-2,10H/q+1;/p-1. The highest BCUT2D eigenvalue weighted by Crippen LogP contribution is 2.36. The Morgan fingerprint density at radius 2 is 1.15 bits per heavy atom. The lowest BCUT2D eigenvalue weighted by molar-refractivity contribution is -0.925. The lowest BCUT2D eigenvalue weighted by Crippen LogP contribution is -2.48. The van der Waals surface area contributed by atoms with E-state index in [4.69, 9.17) is 0 Å². The summed E-state index contributed by atoms with van der Waals surface area (Å²) in [7, 11) is 0. The second-order valence-corrected chi connectivity index (χ2v) is 6.01. The van der Waals surface area contributed by atoms with E-state index in [1.54, 1.807) is 0 Å². The number of rotatable bonds is 9. The van der Waals surface area contributed by atoms with E-state index in [2.05, 4.69) is 27.7 Å². The third kappa shape index (κ3) is 6.77. The van der Waals surface area contributed by atoms with Crippen LogP contribution in [0, 0.1) is 30.3 Å². The fourth-order valence-corrected chi connectivity index (χ4v) is 2.88. The van der Waals surface area contributed by atoms with Crippen molar-refractivity contribution in [3.05, 3.63) is 42.5 Å². The summed E-state index contributed by atoms with van der Waals surface area (Å²) in [4.78, 5) is 27.5. The maximum absolute atomic E-state index is 11.1. The number of nitro benzene ring substituents is 3. The van der Waals surface area contributed by atoms with E-state index in [1.807, 2.05) is 0 Å². The maximum Gasteiger partial charge on any atom is 0.283 e. The molecule has 1 aromatic carbocycles. The largest absolute Gasteiger partial charge is 0.863 e. The smallest absolute Gasteiger partial charge is 0.283 e. The molecule has 0 N–H and O–H groups in total. The molecule has 0 aliphatic heterocycles. The summed E-state index contributed by atoms with van der Waals surface area (Å²) in [6, 6.07) is 0.769. The Labute approximate surface area is 157 Å². The van der Waals surface area contributed by atoms with Crippen molar-refractivity contribution in [2.45, 2.75) is 40.5 Å². The number of benzene rings is 1. The summed E-state index contributed by atoms with van der Waals surface area (Å²) in [5.41, 5.74) is -3.26. The molecule has 1 rings (SSSR count). The van der Waals surface area contributed by atoms with E-state index in [0.717, 1.165) is 0 Å². The van der Waals surface area contributed by atoms with Crippen LogP contribution >= 0.6 is 0 Å². The lowest BCUT2D eigenvalue weighted by Gasteiger charge is -2.36. The number of nitrogens with zero attached hydrogens (tertiary/aromatic N) is 4. The van der Waals surface area contributed by atoms with Gasteiger partial charge in [0.1, 0.15) is 0 Å². The average Bonchev–Trinajstić information content (AvgIpc) is 2.61. The topological polar surface area (TPSA) is 152 Å². The van der Waals surface area contributed by atoms with Crippen molar-refractivity contribution >= 4 is 17.1 Å². The van der Waals surface area contributed by atoms with Crippen molar-refractivity contribution in [2.75, 3.05) is 26.2 Å². The van der Waals surface area contributed by atoms with Crippen molar-refractivity contribution < 1.29 is 24.4 Å². The highest BCUT2D eigenvalue weighted by atomic mass is 16.6. The van der Waals surface area contributed by atoms with E-state index in [1.165, 1.54) is 43.5 Å². The zero-order valence-corrected chi connectivity index (χ0v) is 16.0. The monoisotopic (exact) mass is 386 g/mol. The van der Waals surface area contributed by atoms with Crippen molar-refractivity contribution in [3.63, 3.8) is 0 Å². The Balaban J connectivity index is 0.000000541. The second kappa shape index (κ2) is 11.0. The number of nitro groups is 3. The summed E-state index contributed by atoms with van der Waals surface area (Å²) >= 11 is 0. The van der Waals surface area contributed by atoms with Gasteiger partial charge in [-0.2, -0.15) is 0 Å². The fraction of sp³-hybridized carbons (Fsp3) is 0.625. The first-order valence-corrected chi connectivity index (χ1v) is 8.72. The second-order valence-electron chi connectivity index (χ2n) is 6.01. The number of non-ortho nitro benzene ring substituents is 1. The number of hydrogen-bond donors (Lipinski definition) is 0. The molecule has 11 heteroatoms. The van der Waals surface area contributed by atoms with Gasteiger partial charge in [0.05, 0.1) is 58.8 Å². The van der Waals surface area contributed by atoms with Gasteiger partial charge in [0.25, 0.3) is 17.1 Å². The van der Waals surface area contributed by atoms with Crippen LogP contribution in [0.25, 0.3) is 0 Å². The minimum Gasteiger partial charge on any atom is -0.863 e. The van der Waals surface area contributed by atoms with E-state index in [-0.39, 0.29) is 0 Å². The summed E-state index contributed by atoms with van der Waals surface area (Å²) < 4.78 is 1.33. The van der Waals surface area contributed by atoms with Gasteiger partial charge >= 0.3 is 0 Å². The molecule has 0 amide bonds. The Kier molecular flexibility index (Phi) is 9.86. The molecule has 0 radical (unpaired) electrons. The molecule has 0 heterocycles. The fourth-order valence-electron chi connectivity index (χ4n) is 2.88. The molecule has 11 nitrogen and oxygen atoms in total. The van der Waals surface area contributed by atoms with Crippen molar-refractivity contribution in [1.82, 2.24) is 0 Å². The molecule has 0 atom stereocenters. The first-order valence-electron chi connectivity index (χ1n) is 8.72. The molecular weight excluding hydrogens is 360 g/mol. The van der Waals surface area contributed by atoms with Gasteiger partial charge < -0.3 is 9.59 Å². The molecule has 0 saturated carbocycles. The van der Waals surface area contributed by atoms with Crippen molar-refractivity contribution in [3.8, 4) is 5.75 Å². The molecule has 0 fully saturated rings. The average molecular weight is 386 g/mol. The molecule has 0 saturated heterocycles. The minimum atomic E-state index is -1.46. The minimum absolute atomic E-state index is 0.384. The first-order chi connectivity index (χ1) is 12.6. The molecule has 152 valence electrons.